The van der Waals surface area contributed by atoms with Crippen LogP contribution in [-0.2, 0) is 17.9 Å². The lowest BCUT2D eigenvalue weighted by Gasteiger charge is -2.31. The van der Waals surface area contributed by atoms with Gasteiger partial charge in [-0.2, -0.15) is 0 Å². The number of para-hydroxylation sites is 1. The second-order valence-electron chi connectivity index (χ2n) is 7.06. The lowest BCUT2D eigenvalue weighted by Crippen LogP contribution is -2.40. The fourth-order valence-corrected chi connectivity index (χ4v) is 3.73. The van der Waals surface area contributed by atoms with E-state index in [1.807, 2.05) is 43.3 Å². The van der Waals surface area contributed by atoms with Gasteiger partial charge in [0.15, 0.2) is 11.5 Å². The number of nitrogens with one attached hydrogen (secondary N) is 1. The van der Waals surface area contributed by atoms with Crippen molar-refractivity contribution in [2.75, 3.05) is 19.7 Å². The highest BCUT2D eigenvalue weighted by Crippen LogP contribution is 2.31. The van der Waals surface area contributed by atoms with Crippen LogP contribution < -0.4 is 10.1 Å². The summed E-state index contributed by atoms with van der Waals surface area (Å²) in [5, 5.41) is 14.0. The molecule has 7 heteroatoms. The number of hydrogen-bond acceptors (Lipinski definition) is 4. The number of carbonyl (C=O) groups is 1. The number of amides is 1. The Balaban J connectivity index is 0.00000300. The smallest absolute Gasteiger partial charge is 0.223 e. The second-order valence-corrected chi connectivity index (χ2v) is 7.46. The van der Waals surface area contributed by atoms with E-state index in [1.54, 1.807) is 6.07 Å². The quantitative estimate of drug-likeness (QED) is 0.672. The van der Waals surface area contributed by atoms with Crippen molar-refractivity contribution >= 4 is 29.9 Å². The van der Waals surface area contributed by atoms with Gasteiger partial charge in [0.1, 0.15) is 0 Å². The lowest BCUT2D eigenvalue weighted by atomic mass is 9.95. The van der Waals surface area contributed by atoms with Crippen LogP contribution in [0.25, 0.3) is 0 Å². The fraction of sp³-hybridized carbons (Fsp3) is 0.409. The van der Waals surface area contributed by atoms with Crippen LogP contribution in [0.15, 0.2) is 42.5 Å². The molecule has 1 amide bonds. The Bertz CT molecular complexity index is 808. The third kappa shape index (κ3) is 6.26. The van der Waals surface area contributed by atoms with Gasteiger partial charge in [-0.3, -0.25) is 9.69 Å². The minimum atomic E-state index is 0. The van der Waals surface area contributed by atoms with E-state index >= 15 is 0 Å². The minimum Gasteiger partial charge on any atom is -0.504 e. The van der Waals surface area contributed by atoms with Gasteiger partial charge in [0.05, 0.1) is 6.61 Å². The van der Waals surface area contributed by atoms with Crippen molar-refractivity contribution in [2.45, 2.75) is 32.9 Å². The molecule has 0 bridgehead atoms. The molecule has 3 rings (SSSR count). The first-order valence-corrected chi connectivity index (χ1v) is 10.1. The Kier molecular flexibility index (Phi) is 9.08. The monoisotopic (exact) mass is 438 g/mol. The zero-order valence-electron chi connectivity index (χ0n) is 16.6. The highest BCUT2D eigenvalue weighted by Gasteiger charge is 2.25. The van der Waals surface area contributed by atoms with Crippen LogP contribution >= 0.6 is 24.0 Å². The van der Waals surface area contributed by atoms with Gasteiger partial charge in [-0.25, -0.2) is 0 Å². The molecule has 0 aliphatic carbocycles. The Hall–Kier alpha value is -1.95. The van der Waals surface area contributed by atoms with Crippen molar-refractivity contribution in [2.24, 2.45) is 5.92 Å². The molecule has 0 spiro atoms. The maximum atomic E-state index is 12.5. The van der Waals surface area contributed by atoms with Crippen molar-refractivity contribution in [1.29, 1.82) is 0 Å². The number of phenols is 1. The number of nitrogens with zero attached hydrogens (tertiary/aromatic N) is 1. The van der Waals surface area contributed by atoms with Gasteiger partial charge >= 0.3 is 0 Å². The Morgan fingerprint density at radius 2 is 1.86 bits per heavy atom. The molecule has 0 radical (unpaired) electrons. The second kappa shape index (κ2) is 11.3. The average molecular weight is 439 g/mol. The van der Waals surface area contributed by atoms with E-state index in [1.165, 1.54) is 0 Å². The number of rotatable bonds is 7. The first kappa shape index (κ1) is 23.3. The number of ether oxygens (including phenoxy) is 1. The molecule has 1 saturated heterocycles. The predicted octanol–water partition coefficient (Wildman–Crippen LogP) is 4.39. The molecule has 0 saturated carbocycles. The van der Waals surface area contributed by atoms with Crippen LogP contribution in [0.3, 0.4) is 0 Å². The molecule has 2 N–H and O–H groups in total. The number of carbonyl (C=O) groups excluding carboxylic acids is 1. The van der Waals surface area contributed by atoms with Gasteiger partial charge in [-0.15, -0.1) is 12.4 Å². The SMILES string of the molecule is CCOc1cccc(CN2CCC(C(=O)NCc3ccccc3Cl)CC2)c1O.Cl. The van der Waals surface area contributed by atoms with Crippen molar-refractivity contribution in [1.82, 2.24) is 10.2 Å². The Morgan fingerprint density at radius 1 is 1.17 bits per heavy atom. The normalized spacial score (nSPS) is 14.8. The van der Waals surface area contributed by atoms with Crippen molar-refractivity contribution in [3.05, 3.63) is 58.6 Å². The zero-order valence-corrected chi connectivity index (χ0v) is 18.1. The topological polar surface area (TPSA) is 61.8 Å². The van der Waals surface area contributed by atoms with Crippen LogP contribution in [-0.4, -0.2) is 35.6 Å². The van der Waals surface area contributed by atoms with Crippen LogP contribution in [0, 0.1) is 5.92 Å². The summed E-state index contributed by atoms with van der Waals surface area (Å²) in [6, 6.07) is 13.1. The highest BCUT2D eigenvalue weighted by atomic mass is 35.5. The van der Waals surface area contributed by atoms with E-state index in [4.69, 9.17) is 16.3 Å². The molecule has 29 heavy (non-hydrogen) atoms. The number of likely N-dealkylation sites (tertiary alicyclic amines) is 1. The molecule has 2 aromatic carbocycles. The molecule has 0 aromatic heterocycles. The van der Waals surface area contributed by atoms with Gasteiger partial charge in [0.25, 0.3) is 0 Å². The zero-order chi connectivity index (χ0) is 19.9. The standard InChI is InChI=1S/C22H27ClN2O3.ClH/c1-2-28-20-9-5-7-18(21(20)26)15-25-12-10-16(11-13-25)22(27)24-14-17-6-3-4-8-19(17)23;/h3-9,16,26H,2,10-15H2,1H3,(H,24,27);1H. The first-order chi connectivity index (χ1) is 13.6. The minimum absolute atomic E-state index is 0. The van der Waals surface area contributed by atoms with Crippen molar-refractivity contribution < 1.29 is 14.6 Å². The van der Waals surface area contributed by atoms with Crippen LogP contribution in [0.4, 0.5) is 0 Å². The Morgan fingerprint density at radius 3 is 2.55 bits per heavy atom. The van der Waals surface area contributed by atoms with Gasteiger partial charge in [-0.1, -0.05) is 41.9 Å². The fourth-order valence-electron chi connectivity index (χ4n) is 3.53. The van der Waals surface area contributed by atoms with Crippen molar-refractivity contribution in [3.8, 4) is 11.5 Å². The molecule has 1 fully saturated rings. The molecular weight excluding hydrogens is 411 g/mol. The van der Waals surface area contributed by atoms with E-state index in [0.29, 0.717) is 30.5 Å². The summed E-state index contributed by atoms with van der Waals surface area (Å²) in [5.41, 5.74) is 1.78. The van der Waals surface area contributed by atoms with E-state index in [2.05, 4.69) is 10.2 Å². The predicted molar refractivity (Wildman–Crippen MR) is 118 cm³/mol. The number of hydrogen-bond donors (Lipinski definition) is 2. The number of benzene rings is 2. The molecule has 5 nitrogen and oxygen atoms in total. The molecule has 158 valence electrons. The summed E-state index contributed by atoms with van der Waals surface area (Å²) < 4.78 is 5.46. The molecular formula is C22H28Cl2N2O3. The number of aromatic hydroxyl groups is 1. The first-order valence-electron chi connectivity index (χ1n) is 9.75. The average Bonchev–Trinajstić information content (AvgIpc) is 2.71. The summed E-state index contributed by atoms with van der Waals surface area (Å²) in [6.07, 6.45) is 1.61. The van der Waals surface area contributed by atoms with E-state index in [-0.39, 0.29) is 30.0 Å². The third-order valence-electron chi connectivity index (χ3n) is 5.15. The van der Waals surface area contributed by atoms with Crippen molar-refractivity contribution in [3.63, 3.8) is 0 Å². The summed E-state index contributed by atoms with van der Waals surface area (Å²) in [5.74, 6) is 0.834. The van der Waals surface area contributed by atoms with Gasteiger partial charge in [0.2, 0.25) is 5.91 Å². The summed E-state index contributed by atoms with van der Waals surface area (Å²) >= 11 is 6.15. The third-order valence-corrected chi connectivity index (χ3v) is 5.51. The molecule has 1 heterocycles. The molecule has 0 atom stereocenters. The van der Waals surface area contributed by atoms with Gasteiger partial charge < -0.3 is 15.2 Å². The molecule has 2 aromatic rings. The maximum Gasteiger partial charge on any atom is 0.223 e. The van der Waals surface area contributed by atoms with Crippen LogP contribution in [0.5, 0.6) is 11.5 Å². The number of piperidine rings is 1. The Labute approximate surface area is 183 Å². The largest absolute Gasteiger partial charge is 0.504 e. The summed E-state index contributed by atoms with van der Waals surface area (Å²) in [4.78, 5) is 14.8. The van der Waals surface area contributed by atoms with E-state index in [9.17, 15) is 9.90 Å². The van der Waals surface area contributed by atoms with E-state index in [0.717, 1.165) is 37.1 Å². The van der Waals surface area contributed by atoms with Crippen LogP contribution in [0.1, 0.15) is 30.9 Å². The van der Waals surface area contributed by atoms with E-state index < -0.39 is 0 Å². The number of halogens is 2. The van der Waals surface area contributed by atoms with Gasteiger partial charge in [0, 0.05) is 29.6 Å². The molecule has 1 aliphatic heterocycles. The maximum absolute atomic E-state index is 12.5. The van der Waals surface area contributed by atoms with Gasteiger partial charge in [-0.05, 0) is 50.6 Å². The van der Waals surface area contributed by atoms with Crippen LogP contribution in [0.2, 0.25) is 5.02 Å². The number of phenolic OH excluding ortho intramolecular Hbond substituents is 1. The summed E-state index contributed by atoms with van der Waals surface area (Å²) in [6.45, 7) is 5.17. The lowest BCUT2D eigenvalue weighted by molar-refractivity contribution is -0.126. The highest BCUT2D eigenvalue weighted by molar-refractivity contribution is 6.31. The summed E-state index contributed by atoms with van der Waals surface area (Å²) in [7, 11) is 0. The molecule has 1 aliphatic rings. The molecule has 0 unspecified atom stereocenters.